The van der Waals surface area contributed by atoms with Crippen LogP contribution in [0.2, 0.25) is 0 Å². The van der Waals surface area contributed by atoms with Crippen LogP contribution in [0, 0.1) is 0 Å². The van der Waals surface area contributed by atoms with Crippen LogP contribution < -0.4 is 9.47 Å². The number of nitrogens with zero attached hydrogens (tertiary/aromatic N) is 1. The third kappa shape index (κ3) is 5.51. The molecule has 4 aromatic rings. The molecule has 0 saturated heterocycles. The summed E-state index contributed by atoms with van der Waals surface area (Å²) in [6.07, 6.45) is 5.13. The summed E-state index contributed by atoms with van der Waals surface area (Å²) in [6, 6.07) is 24.2. The third-order valence-electron chi connectivity index (χ3n) is 6.75. The molecular weight excluding hydrogens is 450 g/mol. The number of aryl methyl sites for hydroxylation is 2. The topological polar surface area (TPSA) is 61.6 Å². The van der Waals surface area contributed by atoms with Gasteiger partial charge in [0.15, 0.2) is 0 Å². The van der Waals surface area contributed by atoms with E-state index in [9.17, 15) is 4.79 Å². The zero-order chi connectivity index (χ0) is 24.7. The molecule has 0 amide bonds. The molecule has 5 rings (SSSR count). The molecule has 0 spiro atoms. The lowest BCUT2D eigenvalue weighted by Crippen LogP contribution is -2.04. The van der Waals surface area contributed by atoms with Crippen molar-refractivity contribution < 1.29 is 18.7 Å². The van der Waals surface area contributed by atoms with Gasteiger partial charge in [0.1, 0.15) is 30.2 Å². The first-order valence-electron chi connectivity index (χ1n) is 12.7. The van der Waals surface area contributed by atoms with Crippen molar-refractivity contribution in [2.45, 2.75) is 51.6 Å². The highest BCUT2D eigenvalue weighted by Gasteiger charge is 2.22. The van der Waals surface area contributed by atoms with Gasteiger partial charge in [0.05, 0.1) is 12.3 Å². The van der Waals surface area contributed by atoms with Gasteiger partial charge in [-0.15, -0.1) is 0 Å². The maximum atomic E-state index is 10.9. The molecule has 5 nitrogen and oxygen atoms in total. The second-order valence-corrected chi connectivity index (χ2v) is 9.14. The molecule has 36 heavy (non-hydrogen) atoms. The number of oxazole rings is 1. The van der Waals surface area contributed by atoms with Gasteiger partial charge < -0.3 is 18.7 Å². The fourth-order valence-corrected chi connectivity index (χ4v) is 4.81. The van der Waals surface area contributed by atoms with Crippen LogP contribution in [-0.4, -0.2) is 17.9 Å². The highest BCUT2D eigenvalue weighted by Crippen LogP contribution is 2.36. The van der Waals surface area contributed by atoms with Gasteiger partial charge in [0.2, 0.25) is 5.89 Å². The zero-order valence-electron chi connectivity index (χ0n) is 20.6. The smallest absolute Gasteiger partial charge is 0.226 e. The van der Waals surface area contributed by atoms with Gasteiger partial charge in [0, 0.05) is 24.8 Å². The van der Waals surface area contributed by atoms with E-state index in [0.29, 0.717) is 37.9 Å². The lowest BCUT2D eigenvalue weighted by atomic mass is 9.99. The Morgan fingerprint density at radius 3 is 2.58 bits per heavy atom. The number of ether oxygens (including phenoxy) is 2. The van der Waals surface area contributed by atoms with E-state index in [2.05, 4.69) is 19.1 Å². The predicted molar refractivity (Wildman–Crippen MR) is 139 cm³/mol. The van der Waals surface area contributed by atoms with Crippen molar-refractivity contribution in [1.29, 1.82) is 0 Å². The van der Waals surface area contributed by atoms with Gasteiger partial charge >= 0.3 is 0 Å². The fraction of sp³-hybridized carbons (Fsp3) is 0.290. The summed E-state index contributed by atoms with van der Waals surface area (Å²) in [7, 11) is 0. The van der Waals surface area contributed by atoms with Crippen LogP contribution in [0.5, 0.6) is 11.5 Å². The van der Waals surface area contributed by atoms with E-state index in [-0.39, 0.29) is 0 Å². The van der Waals surface area contributed by atoms with E-state index in [0.717, 1.165) is 59.6 Å². The highest BCUT2D eigenvalue weighted by atomic mass is 16.5. The Morgan fingerprint density at radius 2 is 1.81 bits per heavy atom. The van der Waals surface area contributed by atoms with Crippen LogP contribution in [0.15, 0.2) is 77.2 Å². The van der Waals surface area contributed by atoms with Crippen molar-refractivity contribution in [3.63, 3.8) is 0 Å². The van der Waals surface area contributed by atoms with E-state index in [1.807, 2.05) is 60.7 Å². The molecule has 1 unspecified atom stereocenters. The number of rotatable bonds is 11. The summed E-state index contributed by atoms with van der Waals surface area (Å²) >= 11 is 0. The standard InChI is InChI=1S/C31H31NO4/c1-2-30-29(17-19-34-27-14-15-28-23(16-18-33)8-9-25(28)20-27)32-31(36-30)24-10-12-26(13-11-24)35-21-22-6-4-3-5-7-22/h3-7,10-15,18,20,23H,2,8-9,16-17,19,21H2,1H3. The van der Waals surface area contributed by atoms with Crippen LogP contribution >= 0.6 is 0 Å². The average Bonchev–Trinajstić information content (AvgIpc) is 3.52. The second kappa shape index (κ2) is 11.3. The van der Waals surface area contributed by atoms with Gasteiger partial charge in [-0.2, -0.15) is 0 Å². The van der Waals surface area contributed by atoms with Gasteiger partial charge in [-0.05, 0) is 71.8 Å². The van der Waals surface area contributed by atoms with Gasteiger partial charge in [-0.3, -0.25) is 0 Å². The molecule has 1 heterocycles. The summed E-state index contributed by atoms with van der Waals surface area (Å²) in [5, 5.41) is 0. The maximum absolute atomic E-state index is 10.9. The zero-order valence-corrected chi connectivity index (χ0v) is 20.6. The largest absolute Gasteiger partial charge is 0.493 e. The first kappa shape index (κ1) is 23.9. The normalized spacial score (nSPS) is 14.4. The highest BCUT2D eigenvalue weighted by molar-refractivity contribution is 5.55. The third-order valence-corrected chi connectivity index (χ3v) is 6.75. The molecule has 0 saturated carbocycles. The SMILES string of the molecule is CCc1oc(-c2ccc(OCc3ccccc3)cc2)nc1CCOc1ccc2c(c1)CCC2CC=O. The molecule has 0 aliphatic heterocycles. The Labute approximate surface area is 212 Å². The Balaban J connectivity index is 1.18. The van der Waals surface area contributed by atoms with Crippen molar-refractivity contribution in [1.82, 2.24) is 4.98 Å². The molecular formula is C31H31NO4. The molecule has 1 atom stereocenters. The van der Waals surface area contributed by atoms with Gasteiger partial charge in [0.25, 0.3) is 0 Å². The number of hydrogen-bond donors (Lipinski definition) is 0. The number of carbonyl (C=O) groups is 1. The lowest BCUT2D eigenvalue weighted by Gasteiger charge is -2.10. The minimum absolute atomic E-state index is 0.358. The van der Waals surface area contributed by atoms with Crippen molar-refractivity contribution in [2.75, 3.05) is 6.61 Å². The molecule has 1 aliphatic rings. The molecule has 3 aromatic carbocycles. The van der Waals surface area contributed by atoms with Crippen molar-refractivity contribution in [2.24, 2.45) is 0 Å². The van der Waals surface area contributed by atoms with E-state index in [4.69, 9.17) is 18.9 Å². The summed E-state index contributed by atoms with van der Waals surface area (Å²) in [5.74, 6) is 3.55. The second-order valence-electron chi connectivity index (χ2n) is 9.14. The summed E-state index contributed by atoms with van der Waals surface area (Å²) < 4.78 is 18.0. The average molecular weight is 482 g/mol. The lowest BCUT2D eigenvalue weighted by molar-refractivity contribution is -0.108. The van der Waals surface area contributed by atoms with Crippen LogP contribution in [0.4, 0.5) is 0 Å². The number of carbonyl (C=O) groups excluding carboxylic acids is 1. The Kier molecular flexibility index (Phi) is 7.46. The number of hydrogen-bond acceptors (Lipinski definition) is 5. The molecule has 1 aliphatic carbocycles. The molecule has 5 heteroatoms. The fourth-order valence-electron chi connectivity index (χ4n) is 4.81. The number of fused-ring (bicyclic) bond motifs is 1. The summed E-state index contributed by atoms with van der Waals surface area (Å²) in [4.78, 5) is 15.7. The molecule has 1 aromatic heterocycles. The first-order valence-corrected chi connectivity index (χ1v) is 12.7. The minimum Gasteiger partial charge on any atom is -0.493 e. The van der Waals surface area contributed by atoms with Gasteiger partial charge in [-0.25, -0.2) is 4.98 Å². The van der Waals surface area contributed by atoms with Crippen LogP contribution in [-0.2, 0) is 30.7 Å². The quantitative estimate of drug-likeness (QED) is 0.222. The first-order chi connectivity index (χ1) is 17.7. The molecule has 0 N–H and O–H groups in total. The number of aldehydes is 1. The molecule has 0 bridgehead atoms. The monoisotopic (exact) mass is 481 g/mol. The predicted octanol–water partition coefficient (Wildman–Crippen LogP) is 6.72. The van der Waals surface area contributed by atoms with Gasteiger partial charge in [-0.1, -0.05) is 43.3 Å². The molecule has 0 radical (unpaired) electrons. The maximum Gasteiger partial charge on any atom is 0.226 e. The van der Waals surface area contributed by atoms with E-state index < -0.39 is 0 Å². The van der Waals surface area contributed by atoms with E-state index in [1.54, 1.807) is 0 Å². The van der Waals surface area contributed by atoms with Crippen LogP contribution in [0.1, 0.15) is 53.8 Å². The van der Waals surface area contributed by atoms with Crippen LogP contribution in [0.3, 0.4) is 0 Å². The van der Waals surface area contributed by atoms with Crippen molar-refractivity contribution in [3.05, 3.63) is 101 Å². The summed E-state index contributed by atoms with van der Waals surface area (Å²) in [6.45, 7) is 3.14. The van der Waals surface area contributed by atoms with E-state index >= 15 is 0 Å². The number of aromatic nitrogens is 1. The Hall–Kier alpha value is -3.86. The van der Waals surface area contributed by atoms with E-state index in [1.165, 1.54) is 11.1 Å². The number of benzene rings is 3. The van der Waals surface area contributed by atoms with Crippen molar-refractivity contribution in [3.8, 4) is 23.0 Å². The molecule has 184 valence electrons. The Morgan fingerprint density at radius 1 is 1.00 bits per heavy atom. The Bertz CT molecular complexity index is 1290. The summed E-state index contributed by atoms with van der Waals surface area (Å²) in [5.41, 5.74) is 5.58. The molecule has 0 fully saturated rings. The minimum atomic E-state index is 0.358. The van der Waals surface area contributed by atoms with Crippen molar-refractivity contribution >= 4 is 6.29 Å². The van der Waals surface area contributed by atoms with Crippen LogP contribution in [0.25, 0.3) is 11.5 Å².